The highest BCUT2D eigenvalue weighted by molar-refractivity contribution is 9.25. The van der Waals surface area contributed by atoms with Gasteiger partial charge in [-0.15, -0.1) is 0 Å². The fraction of sp³-hybridized carbons (Fsp3) is 0.875. The predicted molar refractivity (Wildman–Crippen MR) is 85.2 cm³/mol. The number of rotatable bonds is 0. The Morgan fingerprint density at radius 2 is 1.83 bits per heavy atom. The summed E-state index contributed by atoms with van der Waals surface area (Å²) in [5.41, 5.74) is 2.49. The normalized spacial score (nSPS) is 48.6. The SMILES string of the molecule is CC1=C[C@H]2[C@H]3C(C1)C(Br)(Br)[C@]3(C)CCCC2(C)C. The highest BCUT2D eigenvalue weighted by Gasteiger charge is 2.70. The van der Waals surface area contributed by atoms with Crippen LogP contribution in [0.5, 0.6) is 0 Å². The molecular weight excluding hydrogens is 352 g/mol. The van der Waals surface area contributed by atoms with Crippen molar-refractivity contribution in [2.45, 2.75) is 56.6 Å². The van der Waals surface area contributed by atoms with Gasteiger partial charge in [-0.05, 0) is 54.8 Å². The lowest BCUT2D eigenvalue weighted by Crippen LogP contribution is -2.66. The second-order valence-electron chi connectivity index (χ2n) is 7.76. The van der Waals surface area contributed by atoms with E-state index in [9.17, 15) is 0 Å². The van der Waals surface area contributed by atoms with Gasteiger partial charge in [-0.1, -0.05) is 70.7 Å². The number of allylic oxidation sites excluding steroid dienone is 2. The molecule has 102 valence electrons. The summed E-state index contributed by atoms with van der Waals surface area (Å²) >= 11 is 8.08. The van der Waals surface area contributed by atoms with Gasteiger partial charge in [0, 0.05) is 0 Å². The molecule has 0 spiro atoms. The molecule has 3 rings (SSSR count). The number of hydrogen-bond donors (Lipinski definition) is 0. The smallest absolute Gasteiger partial charge is 0.0816 e. The molecule has 1 unspecified atom stereocenters. The maximum absolute atomic E-state index is 4.04. The Morgan fingerprint density at radius 3 is 2.50 bits per heavy atom. The van der Waals surface area contributed by atoms with Crippen LogP contribution in [0.15, 0.2) is 11.6 Å². The van der Waals surface area contributed by atoms with Gasteiger partial charge in [0.1, 0.15) is 0 Å². The first-order chi connectivity index (χ1) is 8.20. The van der Waals surface area contributed by atoms with E-state index in [1.807, 2.05) is 0 Å². The minimum Gasteiger partial charge on any atom is -0.0816 e. The van der Waals surface area contributed by atoms with Crippen molar-refractivity contribution < 1.29 is 0 Å². The summed E-state index contributed by atoms with van der Waals surface area (Å²) in [7, 11) is 0. The Labute approximate surface area is 128 Å². The zero-order valence-electron chi connectivity index (χ0n) is 11.9. The summed E-state index contributed by atoms with van der Waals surface area (Å²) < 4.78 is 0.172. The molecule has 0 N–H and O–H groups in total. The van der Waals surface area contributed by atoms with Crippen LogP contribution in [0.25, 0.3) is 0 Å². The standard InChI is InChI=1S/C16H24Br2/c1-10-8-11-13-12(9-10)16(17,18)15(13,4)7-5-6-14(11,2)3/h8,11-13H,5-7,9H2,1-4H3/t11-,12?,13-,15+/m0/s1. The summed E-state index contributed by atoms with van der Waals surface area (Å²) in [6.07, 6.45) is 7.98. The van der Waals surface area contributed by atoms with Crippen molar-refractivity contribution in [3.63, 3.8) is 0 Å². The van der Waals surface area contributed by atoms with Crippen molar-refractivity contribution in [3.05, 3.63) is 11.6 Å². The number of alkyl halides is 2. The Kier molecular flexibility index (Phi) is 2.94. The number of halogens is 2. The molecule has 0 amide bonds. The van der Waals surface area contributed by atoms with Crippen LogP contribution in [0, 0.1) is 28.6 Å². The third-order valence-corrected chi connectivity index (χ3v) is 9.20. The molecule has 0 heterocycles. The average molecular weight is 376 g/mol. The van der Waals surface area contributed by atoms with Gasteiger partial charge in [0.05, 0.1) is 3.23 Å². The van der Waals surface area contributed by atoms with Crippen molar-refractivity contribution in [2.24, 2.45) is 28.6 Å². The second kappa shape index (κ2) is 3.87. The van der Waals surface area contributed by atoms with Crippen LogP contribution in [0.3, 0.4) is 0 Å². The molecule has 0 nitrogen and oxygen atoms in total. The molecule has 0 aromatic rings. The molecule has 4 atom stereocenters. The van der Waals surface area contributed by atoms with E-state index in [0.29, 0.717) is 10.8 Å². The van der Waals surface area contributed by atoms with Gasteiger partial charge in [0.15, 0.2) is 0 Å². The largest absolute Gasteiger partial charge is 0.0895 e. The predicted octanol–water partition coefficient (Wildman–Crippen LogP) is 5.90. The zero-order valence-corrected chi connectivity index (χ0v) is 15.1. The molecule has 2 heteroatoms. The van der Waals surface area contributed by atoms with Gasteiger partial charge in [-0.2, -0.15) is 0 Å². The van der Waals surface area contributed by atoms with Crippen molar-refractivity contribution in [1.82, 2.24) is 0 Å². The van der Waals surface area contributed by atoms with Gasteiger partial charge < -0.3 is 0 Å². The van der Waals surface area contributed by atoms with E-state index in [0.717, 1.165) is 17.8 Å². The van der Waals surface area contributed by atoms with Crippen LogP contribution >= 0.6 is 31.9 Å². The van der Waals surface area contributed by atoms with Crippen LogP contribution in [0.4, 0.5) is 0 Å². The number of hydrogen-bond acceptors (Lipinski definition) is 0. The highest BCUT2D eigenvalue weighted by atomic mass is 79.9. The maximum Gasteiger partial charge on any atom is 0.0895 e. The lowest BCUT2D eigenvalue weighted by atomic mass is 9.45. The zero-order chi connectivity index (χ0) is 13.3. The summed E-state index contributed by atoms with van der Waals surface area (Å²) in [5, 5.41) is 0. The second-order valence-corrected chi connectivity index (χ2v) is 11.3. The van der Waals surface area contributed by atoms with Crippen molar-refractivity contribution in [1.29, 1.82) is 0 Å². The van der Waals surface area contributed by atoms with Gasteiger partial charge in [-0.3, -0.25) is 0 Å². The van der Waals surface area contributed by atoms with E-state index in [2.05, 4.69) is 65.6 Å². The Morgan fingerprint density at radius 1 is 1.17 bits per heavy atom. The van der Waals surface area contributed by atoms with Crippen LogP contribution < -0.4 is 0 Å². The molecular formula is C16H24Br2. The first kappa shape index (κ1) is 13.7. The molecule has 0 aliphatic heterocycles. The van der Waals surface area contributed by atoms with E-state index in [1.165, 1.54) is 25.7 Å². The Bertz CT molecular complexity index is 407. The first-order valence-corrected chi connectivity index (χ1v) is 8.84. The fourth-order valence-electron chi connectivity index (χ4n) is 5.07. The van der Waals surface area contributed by atoms with Crippen LogP contribution in [0.1, 0.15) is 53.4 Å². The summed E-state index contributed by atoms with van der Waals surface area (Å²) in [6, 6.07) is 0. The summed E-state index contributed by atoms with van der Waals surface area (Å²) in [6.45, 7) is 9.79. The van der Waals surface area contributed by atoms with Gasteiger partial charge in [-0.25, -0.2) is 0 Å². The van der Waals surface area contributed by atoms with E-state index in [-0.39, 0.29) is 3.23 Å². The molecule has 3 aliphatic rings. The molecule has 2 fully saturated rings. The van der Waals surface area contributed by atoms with E-state index >= 15 is 0 Å². The van der Waals surface area contributed by atoms with E-state index in [4.69, 9.17) is 0 Å². The molecule has 0 saturated heterocycles. The van der Waals surface area contributed by atoms with Gasteiger partial charge in [0.2, 0.25) is 0 Å². The van der Waals surface area contributed by atoms with Gasteiger partial charge in [0.25, 0.3) is 0 Å². The monoisotopic (exact) mass is 374 g/mol. The van der Waals surface area contributed by atoms with Crippen molar-refractivity contribution in [2.75, 3.05) is 0 Å². The lowest BCUT2D eigenvalue weighted by molar-refractivity contribution is -0.0796. The molecule has 2 saturated carbocycles. The molecule has 3 aliphatic carbocycles. The molecule has 0 aromatic carbocycles. The molecule has 0 aromatic heterocycles. The van der Waals surface area contributed by atoms with E-state index in [1.54, 1.807) is 5.57 Å². The first-order valence-electron chi connectivity index (χ1n) is 7.25. The van der Waals surface area contributed by atoms with Crippen LogP contribution in [-0.2, 0) is 0 Å². The van der Waals surface area contributed by atoms with Crippen molar-refractivity contribution >= 4 is 31.9 Å². The van der Waals surface area contributed by atoms with Crippen LogP contribution in [-0.4, -0.2) is 3.23 Å². The molecule has 0 radical (unpaired) electrons. The maximum atomic E-state index is 4.04. The quantitative estimate of drug-likeness (QED) is 0.365. The minimum atomic E-state index is 0.172. The third-order valence-electron chi connectivity index (χ3n) is 6.21. The van der Waals surface area contributed by atoms with Crippen molar-refractivity contribution in [3.8, 4) is 0 Å². The van der Waals surface area contributed by atoms with E-state index < -0.39 is 0 Å². The minimum absolute atomic E-state index is 0.172. The molecule has 18 heavy (non-hydrogen) atoms. The molecule has 0 bridgehead atoms. The third kappa shape index (κ3) is 1.54. The summed E-state index contributed by atoms with van der Waals surface area (Å²) in [4.78, 5) is 0. The highest BCUT2D eigenvalue weighted by Crippen LogP contribution is 2.75. The van der Waals surface area contributed by atoms with Crippen LogP contribution in [0.2, 0.25) is 0 Å². The Balaban J connectivity index is 2.09. The Hall–Kier alpha value is 0.700. The lowest BCUT2D eigenvalue weighted by Gasteiger charge is -2.67. The fourth-order valence-corrected chi connectivity index (χ4v) is 6.89. The summed E-state index contributed by atoms with van der Waals surface area (Å²) in [5.74, 6) is 2.40. The topological polar surface area (TPSA) is 0 Å². The van der Waals surface area contributed by atoms with Gasteiger partial charge >= 0.3 is 0 Å². The average Bonchev–Trinajstić information content (AvgIpc) is 2.35.